The van der Waals surface area contributed by atoms with Crippen molar-refractivity contribution in [1.82, 2.24) is 0 Å². The Morgan fingerprint density at radius 3 is 2.05 bits per heavy atom. The lowest BCUT2D eigenvalue weighted by Crippen LogP contribution is -2.41. The van der Waals surface area contributed by atoms with Gasteiger partial charge < -0.3 is 14.9 Å². The molecular weight excluding hydrogens is 256 g/mol. The lowest BCUT2D eigenvalue weighted by molar-refractivity contribution is -0.132. The third kappa shape index (κ3) is 2.13. The van der Waals surface area contributed by atoms with Gasteiger partial charge >= 0.3 is 0 Å². The summed E-state index contributed by atoms with van der Waals surface area (Å²) in [5.41, 5.74) is 1.28. The summed E-state index contributed by atoms with van der Waals surface area (Å²) in [7, 11) is 0. The molecule has 5 heteroatoms. The van der Waals surface area contributed by atoms with E-state index in [1.807, 2.05) is 20.8 Å². The lowest BCUT2D eigenvalue weighted by atomic mass is 10.0. The maximum atomic E-state index is 12.6. The Morgan fingerprint density at radius 1 is 1.00 bits per heavy atom. The summed E-state index contributed by atoms with van der Waals surface area (Å²) in [6, 6.07) is 4.78. The fourth-order valence-electron chi connectivity index (χ4n) is 2.68. The standard InChI is InChI=1S/C15H20N2O3/c1-4-11-14(19)16(5-2)12-8-7-10(18)9-13(12)17(6-3)15(11)20/h7-9,11,18H,4-6H2,1-3H3. The zero-order valence-corrected chi connectivity index (χ0v) is 12.1. The van der Waals surface area contributed by atoms with Crippen molar-refractivity contribution in [3.8, 4) is 5.75 Å². The van der Waals surface area contributed by atoms with Gasteiger partial charge in [-0.1, -0.05) is 6.92 Å². The predicted molar refractivity (Wildman–Crippen MR) is 77.9 cm³/mol. The third-order valence-corrected chi connectivity index (χ3v) is 3.71. The lowest BCUT2D eigenvalue weighted by Gasteiger charge is -2.24. The second kappa shape index (κ2) is 5.53. The summed E-state index contributed by atoms with van der Waals surface area (Å²) < 4.78 is 0. The van der Waals surface area contributed by atoms with Gasteiger partial charge in [0.25, 0.3) is 0 Å². The maximum Gasteiger partial charge on any atom is 0.239 e. The van der Waals surface area contributed by atoms with Crippen LogP contribution in [0.2, 0.25) is 0 Å². The van der Waals surface area contributed by atoms with Crippen LogP contribution in [0.1, 0.15) is 27.2 Å². The molecule has 1 aliphatic heterocycles. The average Bonchev–Trinajstić information content (AvgIpc) is 2.50. The summed E-state index contributed by atoms with van der Waals surface area (Å²) >= 11 is 0. The van der Waals surface area contributed by atoms with E-state index in [1.165, 1.54) is 0 Å². The summed E-state index contributed by atoms with van der Waals surface area (Å²) in [4.78, 5) is 28.3. The molecule has 0 saturated heterocycles. The molecule has 1 atom stereocenters. The van der Waals surface area contributed by atoms with Crippen molar-refractivity contribution in [2.75, 3.05) is 22.9 Å². The van der Waals surface area contributed by atoms with Gasteiger partial charge in [0, 0.05) is 19.2 Å². The zero-order chi connectivity index (χ0) is 14.9. The highest BCUT2D eigenvalue weighted by Crippen LogP contribution is 2.37. The molecule has 0 aromatic heterocycles. The van der Waals surface area contributed by atoms with Gasteiger partial charge in [-0.2, -0.15) is 0 Å². The number of carbonyl (C=O) groups is 2. The number of phenolic OH excluding ortho intramolecular Hbond substituents is 1. The second-order valence-electron chi connectivity index (χ2n) is 4.80. The molecule has 20 heavy (non-hydrogen) atoms. The number of rotatable bonds is 3. The number of phenols is 1. The first-order chi connectivity index (χ1) is 9.54. The van der Waals surface area contributed by atoms with Crippen LogP contribution in [0, 0.1) is 5.92 Å². The topological polar surface area (TPSA) is 60.9 Å². The number of nitrogens with zero attached hydrogens (tertiary/aromatic N) is 2. The van der Waals surface area contributed by atoms with Crippen LogP contribution < -0.4 is 9.80 Å². The molecule has 2 rings (SSSR count). The number of anilines is 2. The van der Waals surface area contributed by atoms with Gasteiger partial charge in [0.15, 0.2) is 0 Å². The molecule has 0 radical (unpaired) electrons. The van der Waals surface area contributed by atoms with Crippen molar-refractivity contribution >= 4 is 23.2 Å². The Hall–Kier alpha value is -2.04. The van der Waals surface area contributed by atoms with Gasteiger partial charge in [-0.05, 0) is 32.4 Å². The molecule has 1 unspecified atom stereocenters. The number of fused-ring (bicyclic) bond motifs is 1. The molecule has 1 aliphatic rings. The fourth-order valence-corrected chi connectivity index (χ4v) is 2.68. The number of amides is 2. The maximum absolute atomic E-state index is 12.6. The zero-order valence-electron chi connectivity index (χ0n) is 12.1. The summed E-state index contributed by atoms with van der Waals surface area (Å²) in [5, 5.41) is 9.69. The molecule has 1 N–H and O–H groups in total. The van der Waals surface area contributed by atoms with Crippen molar-refractivity contribution in [3.05, 3.63) is 18.2 Å². The summed E-state index contributed by atoms with van der Waals surface area (Å²) in [5.74, 6) is -0.913. The highest BCUT2D eigenvalue weighted by atomic mass is 16.3. The van der Waals surface area contributed by atoms with Crippen LogP contribution in [0.5, 0.6) is 5.75 Å². The van der Waals surface area contributed by atoms with Crippen molar-refractivity contribution in [2.24, 2.45) is 5.92 Å². The Balaban J connectivity index is 2.66. The average molecular weight is 276 g/mol. The van der Waals surface area contributed by atoms with Crippen molar-refractivity contribution < 1.29 is 14.7 Å². The molecule has 5 nitrogen and oxygen atoms in total. The Morgan fingerprint density at radius 2 is 1.55 bits per heavy atom. The molecule has 2 amide bonds. The van der Waals surface area contributed by atoms with E-state index in [0.29, 0.717) is 30.9 Å². The van der Waals surface area contributed by atoms with E-state index in [-0.39, 0.29) is 17.6 Å². The van der Waals surface area contributed by atoms with Gasteiger partial charge in [-0.15, -0.1) is 0 Å². The SMILES string of the molecule is CCC1C(=O)N(CC)c2ccc(O)cc2N(CC)C1=O. The highest BCUT2D eigenvalue weighted by molar-refractivity contribution is 6.17. The fraction of sp³-hybridized carbons (Fsp3) is 0.467. The number of hydrogen-bond acceptors (Lipinski definition) is 3. The summed E-state index contributed by atoms with van der Waals surface area (Å²) in [6.07, 6.45) is 0.477. The van der Waals surface area contributed by atoms with Crippen LogP contribution in [-0.4, -0.2) is 30.0 Å². The number of hydrogen-bond donors (Lipinski definition) is 1. The minimum atomic E-state index is -0.649. The smallest absolute Gasteiger partial charge is 0.239 e. The molecule has 0 fully saturated rings. The van der Waals surface area contributed by atoms with E-state index < -0.39 is 5.92 Å². The minimum Gasteiger partial charge on any atom is -0.508 e. The summed E-state index contributed by atoms with van der Waals surface area (Å²) in [6.45, 7) is 6.56. The Kier molecular flexibility index (Phi) is 3.97. The molecule has 0 spiro atoms. The van der Waals surface area contributed by atoms with Gasteiger partial charge in [-0.25, -0.2) is 0 Å². The van der Waals surface area contributed by atoms with Gasteiger partial charge in [0.2, 0.25) is 11.8 Å². The molecule has 1 heterocycles. The van der Waals surface area contributed by atoms with Gasteiger partial charge in [0.1, 0.15) is 11.7 Å². The van der Waals surface area contributed by atoms with Gasteiger partial charge in [0.05, 0.1) is 11.4 Å². The molecule has 108 valence electrons. The van der Waals surface area contributed by atoms with Crippen LogP contribution in [0.3, 0.4) is 0 Å². The van der Waals surface area contributed by atoms with E-state index in [1.54, 1.807) is 28.0 Å². The van der Waals surface area contributed by atoms with Crippen molar-refractivity contribution in [3.63, 3.8) is 0 Å². The van der Waals surface area contributed by atoms with E-state index >= 15 is 0 Å². The number of aromatic hydroxyl groups is 1. The van der Waals surface area contributed by atoms with E-state index in [0.717, 1.165) is 0 Å². The minimum absolute atomic E-state index is 0.0912. The normalized spacial score (nSPS) is 19.1. The quantitative estimate of drug-likeness (QED) is 0.860. The molecule has 1 aromatic carbocycles. The first-order valence-corrected chi connectivity index (χ1v) is 7.00. The monoisotopic (exact) mass is 276 g/mol. The largest absolute Gasteiger partial charge is 0.508 e. The van der Waals surface area contributed by atoms with E-state index in [2.05, 4.69) is 0 Å². The van der Waals surface area contributed by atoms with Crippen LogP contribution in [0.25, 0.3) is 0 Å². The van der Waals surface area contributed by atoms with Crippen LogP contribution in [-0.2, 0) is 9.59 Å². The first-order valence-electron chi connectivity index (χ1n) is 7.00. The number of carbonyl (C=O) groups excluding carboxylic acids is 2. The first kappa shape index (κ1) is 14.4. The van der Waals surface area contributed by atoms with Crippen LogP contribution in [0.4, 0.5) is 11.4 Å². The highest BCUT2D eigenvalue weighted by Gasteiger charge is 2.38. The molecule has 0 saturated carbocycles. The predicted octanol–water partition coefficient (Wildman–Crippen LogP) is 2.14. The Bertz CT molecular complexity index is 542. The van der Waals surface area contributed by atoms with E-state index in [9.17, 15) is 14.7 Å². The second-order valence-corrected chi connectivity index (χ2v) is 4.80. The molecular formula is C15H20N2O3. The molecule has 0 aliphatic carbocycles. The van der Waals surface area contributed by atoms with Crippen molar-refractivity contribution in [2.45, 2.75) is 27.2 Å². The van der Waals surface area contributed by atoms with Crippen molar-refractivity contribution in [1.29, 1.82) is 0 Å². The number of benzene rings is 1. The van der Waals surface area contributed by atoms with Crippen LogP contribution in [0.15, 0.2) is 18.2 Å². The Labute approximate surface area is 118 Å². The van der Waals surface area contributed by atoms with Gasteiger partial charge in [-0.3, -0.25) is 9.59 Å². The van der Waals surface area contributed by atoms with Crippen LogP contribution >= 0.6 is 0 Å². The third-order valence-electron chi connectivity index (χ3n) is 3.71. The molecule has 0 bridgehead atoms. The molecule has 1 aromatic rings. The van der Waals surface area contributed by atoms with E-state index in [4.69, 9.17) is 0 Å².